The Kier molecular flexibility index (Phi) is 6.19. The number of rotatable bonds is 7. The van der Waals surface area contributed by atoms with E-state index in [1.807, 2.05) is 0 Å². The summed E-state index contributed by atoms with van der Waals surface area (Å²) >= 11 is 0. The molecular formula is C19H23FN6O. The molecule has 0 bridgehead atoms. The van der Waals surface area contributed by atoms with Crippen LogP contribution in [0.3, 0.4) is 0 Å². The lowest BCUT2D eigenvalue weighted by atomic mass is 9.97. The van der Waals surface area contributed by atoms with Crippen molar-refractivity contribution in [1.29, 1.82) is 0 Å². The largest absolute Gasteiger partial charge is 0.393 e. The van der Waals surface area contributed by atoms with Gasteiger partial charge in [0.25, 0.3) is 5.91 Å². The lowest BCUT2D eigenvalue weighted by molar-refractivity contribution is 0.0962. The Bertz CT molecular complexity index is 821. The van der Waals surface area contributed by atoms with Crippen molar-refractivity contribution in [2.24, 2.45) is 0 Å². The van der Waals surface area contributed by atoms with Gasteiger partial charge in [0, 0.05) is 12.1 Å². The Morgan fingerprint density at radius 3 is 2.67 bits per heavy atom. The molecule has 1 aliphatic rings. The van der Waals surface area contributed by atoms with Crippen LogP contribution >= 0.6 is 0 Å². The molecule has 5 N–H and O–H groups in total. The van der Waals surface area contributed by atoms with E-state index in [1.165, 1.54) is 49.0 Å². The molecule has 1 aromatic heterocycles. The highest BCUT2D eigenvalue weighted by Crippen LogP contribution is 2.23. The number of hydrogen-bond acceptors (Lipinski definition) is 6. The van der Waals surface area contributed by atoms with Gasteiger partial charge < -0.3 is 11.1 Å². The zero-order valence-corrected chi connectivity index (χ0v) is 15.0. The number of carbonyl (C=O) groups is 1. The minimum absolute atomic E-state index is 0.292. The fourth-order valence-corrected chi connectivity index (χ4v) is 2.90. The van der Waals surface area contributed by atoms with Crippen molar-refractivity contribution < 1.29 is 9.18 Å². The van der Waals surface area contributed by atoms with Crippen molar-refractivity contribution in [3.63, 3.8) is 0 Å². The minimum Gasteiger partial charge on any atom is -0.393 e. The molecule has 1 heterocycles. The first-order valence-corrected chi connectivity index (χ1v) is 8.97. The number of carbonyl (C=O) groups excluding carboxylic acids is 1. The van der Waals surface area contributed by atoms with Crippen molar-refractivity contribution in [1.82, 2.24) is 15.4 Å². The molecule has 0 fully saturated rings. The molecule has 1 aliphatic carbocycles. The topological polar surface area (TPSA) is 105 Å². The van der Waals surface area contributed by atoms with Gasteiger partial charge in [-0.15, -0.1) is 0 Å². The van der Waals surface area contributed by atoms with Crippen LogP contribution in [0.25, 0.3) is 0 Å². The fourth-order valence-electron chi connectivity index (χ4n) is 2.90. The third-order valence-electron chi connectivity index (χ3n) is 4.41. The van der Waals surface area contributed by atoms with E-state index in [2.05, 4.69) is 32.2 Å². The quantitative estimate of drug-likeness (QED) is 0.440. The number of hydrazine groups is 1. The molecule has 0 saturated carbocycles. The van der Waals surface area contributed by atoms with Gasteiger partial charge in [0.2, 0.25) is 0 Å². The molecule has 27 heavy (non-hydrogen) atoms. The highest BCUT2D eigenvalue weighted by molar-refractivity contribution is 5.95. The average molecular weight is 370 g/mol. The molecule has 0 radical (unpaired) electrons. The second-order valence-electron chi connectivity index (χ2n) is 6.36. The van der Waals surface area contributed by atoms with Gasteiger partial charge in [-0.3, -0.25) is 15.6 Å². The predicted octanol–water partition coefficient (Wildman–Crippen LogP) is 3.26. The smallest absolute Gasteiger partial charge is 0.269 e. The first kappa shape index (κ1) is 18.6. The summed E-state index contributed by atoms with van der Waals surface area (Å²) in [4.78, 5) is 20.3. The molecule has 0 aliphatic heterocycles. The Hall–Kier alpha value is -3.16. The number of amides is 1. The zero-order chi connectivity index (χ0) is 19.1. The number of benzene rings is 1. The lowest BCUT2D eigenvalue weighted by Crippen LogP contribution is -2.30. The highest BCUT2D eigenvalue weighted by atomic mass is 19.1. The van der Waals surface area contributed by atoms with Crippen molar-refractivity contribution in [3.8, 4) is 0 Å². The standard InChI is InChI=1S/C19H23FN6O/c20-15-8-6-14(7-9-15)19(27)26-25-18-16(21)17(23-12-24-18)22-11-10-13-4-2-1-3-5-13/h4,6-9,12H,1-3,5,10-11,21H2,(H,26,27)(H2,22,23,24,25). The first-order chi connectivity index (χ1) is 13.1. The van der Waals surface area contributed by atoms with E-state index in [0.29, 0.717) is 22.9 Å². The maximum Gasteiger partial charge on any atom is 0.269 e. The van der Waals surface area contributed by atoms with Crippen molar-refractivity contribution in [3.05, 3.63) is 53.6 Å². The van der Waals surface area contributed by atoms with Crippen LogP contribution in [-0.2, 0) is 0 Å². The molecule has 0 saturated heterocycles. The van der Waals surface area contributed by atoms with Gasteiger partial charge in [0.1, 0.15) is 17.8 Å². The molecule has 142 valence electrons. The summed E-state index contributed by atoms with van der Waals surface area (Å²) in [5, 5.41) is 3.21. The van der Waals surface area contributed by atoms with Gasteiger partial charge >= 0.3 is 0 Å². The minimum atomic E-state index is -0.424. The monoisotopic (exact) mass is 370 g/mol. The summed E-state index contributed by atoms with van der Waals surface area (Å²) in [5.41, 5.74) is 13.4. The van der Waals surface area contributed by atoms with Crippen LogP contribution in [0, 0.1) is 5.82 Å². The normalized spacial score (nSPS) is 13.6. The number of nitrogens with zero attached hydrogens (tertiary/aromatic N) is 2. The van der Waals surface area contributed by atoms with Gasteiger partial charge in [0.05, 0.1) is 0 Å². The number of hydrogen-bond donors (Lipinski definition) is 4. The maximum atomic E-state index is 12.9. The van der Waals surface area contributed by atoms with Gasteiger partial charge in [-0.05, 0) is 56.4 Å². The first-order valence-electron chi connectivity index (χ1n) is 8.97. The van der Waals surface area contributed by atoms with Crippen LogP contribution in [0.2, 0.25) is 0 Å². The number of anilines is 3. The van der Waals surface area contributed by atoms with E-state index in [-0.39, 0.29) is 0 Å². The van der Waals surface area contributed by atoms with Crippen LogP contribution in [0.15, 0.2) is 42.2 Å². The van der Waals surface area contributed by atoms with Crippen LogP contribution < -0.4 is 21.9 Å². The second-order valence-corrected chi connectivity index (χ2v) is 6.36. The van der Waals surface area contributed by atoms with Crippen LogP contribution in [-0.4, -0.2) is 22.4 Å². The number of nitrogens with two attached hydrogens (primary N) is 1. The molecular weight excluding hydrogens is 347 g/mol. The molecule has 7 nitrogen and oxygen atoms in total. The van der Waals surface area contributed by atoms with E-state index < -0.39 is 11.7 Å². The Balaban J connectivity index is 1.55. The van der Waals surface area contributed by atoms with E-state index in [9.17, 15) is 9.18 Å². The molecule has 0 atom stereocenters. The second kappa shape index (κ2) is 8.98. The molecule has 3 rings (SSSR count). The number of nitrogens with one attached hydrogen (secondary N) is 3. The Morgan fingerprint density at radius 2 is 1.93 bits per heavy atom. The maximum absolute atomic E-state index is 12.9. The number of aromatic nitrogens is 2. The molecule has 2 aromatic rings. The molecule has 1 amide bonds. The number of halogens is 1. The highest BCUT2D eigenvalue weighted by Gasteiger charge is 2.11. The summed E-state index contributed by atoms with van der Waals surface area (Å²) in [6, 6.07) is 5.22. The SMILES string of the molecule is Nc1c(NCCC2=CCCCC2)ncnc1NNC(=O)c1ccc(F)cc1. The summed E-state index contributed by atoms with van der Waals surface area (Å²) in [7, 11) is 0. The third-order valence-corrected chi connectivity index (χ3v) is 4.41. The van der Waals surface area contributed by atoms with Gasteiger partial charge in [-0.1, -0.05) is 11.6 Å². The van der Waals surface area contributed by atoms with Gasteiger partial charge in [-0.2, -0.15) is 0 Å². The van der Waals surface area contributed by atoms with E-state index in [4.69, 9.17) is 5.73 Å². The van der Waals surface area contributed by atoms with Crippen LogP contribution in [0.1, 0.15) is 42.5 Å². The van der Waals surface area contributed by atoms with Crippen molar-refractivity contribution in [2.75, 3.05) is 23.0 Å². The van der Waals surface area contributed by atoms with Crippen molar-refractivity contribution >= 4 is 23.2 Å². The van der Waals surface area contributed by atoms with Crippen LogP contribution in [0.4, 0.5) is 21.7 Å². The Morgan fingerprint density at radius 1 is 1.15 bits per heavy atom. The third kappa shape index (κ3) is 5.16. The summed E-state index contributed by atoms with van der Waals surface area (Å²) < 4.78 is 12.9. The van der Waals surface area contributed by atoms with E-state index in [1.54, 1.807) is 0 Å². The van der Waals surface area contributed by atoms with Gasteiger partial charge in [-0.25, -0.2) is 14.4 Å². The molecule has 1 aromatic carbocycles. The predicted molar refractivity (Wildman–Crippen MR) is 104 cm³/mol. The van der Waals surface area contributed by atoms with Crippen molar-refractivity contribution in [2.45, 2.75) is 32.1 Å². The van der Waals surface area contributed by atoms with Gasteiger partial charge in [0.15, 0.2) is 11.6 Å². The van der Waals surface area contributed by atoms with E-state index >= 15 is 0 Å². The molecule has 0 spiro atoms. The van der Waals surface area contributed by atoms with E-state index in [0.717, 1.165) is 25.8 Å². The average Bonchev–Trinajstić information content (AvgIpc) is 2.69. The number of nitrogen functional groups attached to an aromatic ring is 1. The molecule has 8 heteroatoms. The summed E-state index contributed by atoms with van der Waals surface area (Å²) in [6.07, 6.45) is 9.47. The number of allylic oxidation sites excluding steroid dienone is 1. The lowest BCUT2D eigenvalue weighted by Gasteiger charge is -2.15. The Labute approximate surface area is 157 Å². The summed E-state index contributed by atoms with van der Waals surface area (Å²) in [5.74, 6) is -0.0224. The fraction of sp³-hybridized carbons (Fsp3) is 0.316. The van der Waals surface area contributed by atoms with Crippen LogP contribution in [0.5, 0.6) is 0 Å². The zero-order valence-electron chi connectivity index (χ0n) is 15.0. The molecule has 0 unspecified atom stereocenters. The summed E-state index contributed by atoms with van der Waals surface area (Å²) in [6.45, 7) is 0.731.